The Morgan fingerprint density at radius 1 is 1.33 bits per heavy atom. The lowest BCUT2D eigenvalue weighted by Crippen LogP contribution is -2.32. The average Bonchev–Trinajstić information content (AvgIpc) is 3.13. The topological polar surface area (TPSA) is 29.9 Å². The molecule has 1 fully saturated rings. The first kappa shape index (κ1) is 16.5. The van der Waals surface area contributed by atoms with Crippen molar-refractivity contribution in [3.63, 3.8) is 0 Å². The summed E-state index contributed by atoms with van der Waals surface area (Å²) in [5.74, 6) is 0.990. The summed E-state index contributed by atoms with van der Waals surface area (Å²) in [7, 11) is 0. The average molecular weight is 291 g/mol. The molecule has 0 radical (unpaired) electrons. The summed E-state index contributed by atoms with van der Waals surface area (Å²) < 4.78 is 2.07. The highest BCUT2D eigenvalue weighted by Crippen LogP contribution is 2.29. The van der Waals surface area contributed by atoms with Crippen molar-refractivity contribution in [2.75, 3.05) is 6.54 Å². The largest absolute Gasteiger partial charge is 0.314 e. The van der Waals surface area contributed by atoms with Crippen molar-refractivity contribution in [1.82, 2.24) is 15.1 Å². The Balaban J connectivity index is 1.84. The second-order valence-corrected chi connectivity index (χ2v) is 6.96. The third-order valence-corrected chi connectivity index (χ3v) is 4.73. The van der Waals surface area contributed by atoms with Crippen molar-refractivity contribution in [2.24, 2.45) is 5.92 Å². The van der Waals surface area contributed by atoms with Crippen LogP contribution in [0.25, 0.3) is 0 Å². The minimum Gasteiger partial charge on any atom is -0.314 e. The summed E-state index contributed by atoms with van der Waals surface area (Å²) in [6.07, 6.45) is 12.9. The molecule has 1 saturated carbocycles. The molecular weight excluding hydrogens is 258 g/mol. The molecule has 0 aliphatic heterocycles. The number of nitrogens with zero attached hydrogens (tertiary/aromatic N) is 2. The zero-order valence-electron chi connectivity index (χ0n) is 14.1. The van der Waals surface area contributed by atoms with Crippen LogP contribution in [0.15, 0.2) is 12.3 Å². The van der Waals surface area contributed by atoms with Crippen molar-refractivity contribution in [3.05, 3.63) is 18.0 Å². The van der Waals surface area contributed by atoms with E-state index in [9.17, 15) is 0 Å². The Labute approximate surface area is 130 Å². The van der Waals surface area contributed by atoms with Gasteiger partial charge in [-0.1, -0.05) is 32.6 Å². The van der Waals surface area contributed by atoms with E-state index in [1.165, 1.54) is 50.6 Å². The Bertz CT molecular complexity index is 391. The van der Waals surface area contributed by atoms with Crippen molar-refractivity contribution >= 4 is 0 Å². The van der Waals surface area contributed by atoms with E-state index in [-0.39, 0.29) is 0 Å². The van der Waals surface area contributed by atoms with Crippen LogP contribution >= 0.6 is 0 Å². The second kappa shape index (κ2) is 8.57. The van der Waals surface area contributed by atoms with Gasteiger partial charge in [-0.05, 0) is 51.6 Å². The summed E-state index contributed by atoms with van der Waals surface area (Å²) in [6, 6.07) is 3.25. The number of nitrogens with one attached hydrogen (secondary N) is 1. The van der Waals surface area contributed by atoms with Gasteiger partial charge in [0.25, 0.3) is 0 Å². The van der Waals surface area contributed by atoms with E-state index in [4.69, 9.17) is 5.10 Å². The van der Waals surface area contributed by atoms with Crippen molar-refractivity contribution in [1.29, 1.82) is 0 Å². The maximum absolute atomic E-state index is 4.71. The van der Waals surface area contributed by atoms with E-state index in [1.807, 2.05) is 0 Å². The van der Waals surface area contributed by atoms with Gasteiger partial charge in [0, 0.05) is 24.7 Å². The summed E-state index contributed by atoms with van der Waals surface area (Å²) >= 11 is 0. The molecule has 2 rings (SSSR count). The van der Waals surface area contributed by atoms with Crippen LogP contribution in [0, 0.1) is 5.92 Å². The van der Waals surface area contributed by atoms with E-state index in [0.717, 1.165) is 18.9 Å². The van der Waals surface area contributed by atoms with Crippen LogP contribution in [-0.4, -0.2) is 22.4 Å². The normalized spacial score (nSPS) is 17.7. The molecule has 21 heavy (non-hydrogen) atoms. The van der Waals surface area contributed by atoms with E-state index < -0.39 is 0 Å². The van der Waals surface area contributed by atoms with Gasteiger partial charge in [0.05, 0.1) is 5.69 Å². The molecule has 1 aromatic heterocycles. The van der Waals surface area contributed by atoms with Crippen molar-refractivity contribution < 1.29 is 0 Å². The lowest BCUT2D eigenvalue weighted by Gasteiger charge is -2.19. The Morgan fingerprint density at radius 3 is 2.71 bits per heavy atom. The Morgan fingerprint density at radius 2 is 2.10 bits per heavy atom. The number of hydrogen-bond acceptors (Lipinski definition) is 2. The predicted molar refractivity (Wildman–Crippen MR) is 89.6 cm³/mol. The monoisotopic (exact) mass is 291 g/mol. The molecular formula is C18H33N3. The minimum absolute atomic E-state index is 0.458. The van der Waals surface area contributed by atoms with Crippen LogP contribution in [0.2, 0.25) is 0 Å². The van der Waals surface area contributed by atoms with Gasteiger partial charge >= 0.3 is 0 Å². The minimum atomic E-state index is 0.458. The highest BCUT2D eigenvalue weighted by molar-refractivity contribution is 5.02. The summed E-state index contributed by atoms with van der Waals surface area (Å²) in [5.41, 5.74) is 1.24. The van der Waals surface area contributed by atoms with Gasteiger partial charge in [-0.2, -0.15) is 5.10 Å². The molecule has 1 aliphatic rings. The SMILES string of the molecule is CCCNC(CCC1CCCC1)Cc1ccn(C(C)C)n1. The number of rotatable bonds is 9. The summed E-state index contributed by atoms with van der Waals surface area (Å²) in [6.45, 7) is 7.74. The van der Waals surface area contributed by atoms with Gasteiger partial charge in [0.1, 0.15) is 0 Å². The molecule has 3 nitrogen and oxygen atoms in total. The van der Waals surface area contributed by atoms with Crippen LogP contribution < -0.4 is 5.32 Å². The molecule has 0 bridgehead atoms. The quantitative estimate of drug-likeness (QED) is 0.733. The molecule has 1 aliphatic carbocycles. The maximum Gasteiger partial charge on any atom is 0.0640 e. The lowest BCUT2D eigenvalue weighted by molar-refractivity contribution is 0.398. The molecule has 1 N–H and O–H groups in total. The molecule has 1 atom stereocenters. The molecule has 0 saturated heterocycles. The first-order valence-electron chi connectivity index (χ1n) is 8.96. The van der Waals surface area contributed by atoms with Gasteiger partial charge in [0.15, 0.2) is 0 Å². The first-order chi connectivity index (χ1) is 10.2. The van der Waals surface area contributed by atoms with Gasteiger partial charge < -0.3 is 5.32 Å². The molecule has 120 valence electrons. The molecule has 1 unspecified atom stereocenters. The van der Waals surface area contributed by atoms with E-state index in [1.54, 1.807) is 0 Å². The standard InChI is InChI=1S/C18H33N3/c1-4-12-19-17(10-9-16-7-5-6-8-16)14-18-11-13-21(20-18)15(2)3/h11,13,15-17,19H,4-10,12,14H2,1-3H3. The summed E-state index contributed by atoms with van der Waals surface area (Å²) in [4.78, 5) is 0. The van der Waals surface area contributed by atoms with Crippen LogP contribution in [0.5, 0.6) is 0 Å². The third-order valence-electron chi connectivity index (χ3n) is 4.73. The fourth-order valence-corrected chi connectivity index (χ4v) is 3.39. The molecule has 0 aromatic carbocycles. The maximum atomic E-state index is 4.71. The van der Waals surface area contributed by atoms with Crippen molar-refractivity contribution in [2.45, 2.75) is 84.2 Å². The van der Waals surface area contributed by atoms with Gasteiger partial charge in [-0.15, -0.1) is 0 Å². The third kappa shape index (κ3) is 5.46. The van der Waals surface area contributed by atoms with Crippen LogP contribution in [0.1, 0.15) is 77.5 Å². The van der Waals surface area contributed by atoms with Gasteiger partial charge in [-0.25, -0.2) is 0 Å². The summed E-state index contributed by atoms with van der Waals surface area (Å²) in [5, 5.41) is 8.45. The Hall–Kier alpha value is -0.830. The first-order valence-corrected chi connectivity index (χ1v) is 8.96. The predicted octanol–water partition coefficient (Wildman–Crippen LogP) is 4.35. The zero-order valence-corrected chi connectivity index (χ0v) is 14.1. The molecule has 1 aromatic rings. The van der Waals surface area contributed by atoms with Crippen LogP contribution in [-0.2, 0) is 6.42 Å². The second-order valence-electron chi connectivity index (χ2n) is 6.96. The fourth-order valence-electron chi connectivity index (χ4n) is 3.39. The Kier molecular flexibility index (Phi) is 6.75. The highest BCUT2D eigenvalue weighted by Gasteiger charge is 2.18. The van der Waals surface area contributed by atoms with Gasteiger partial charge in [-0.3, -0.25) is 4.68 Å². The van der Waals surface area contributed by atoms with E-state index >= 15 is 0 Å². The van der Waals surface area contributed by atoms with Gasteiger partial charge in [0.2, 0.25) is 0 Å². The highest BCUT2D eigenvalue weighted by atomic mass is 15.3. The van der Waals surface area contributed by atoms with E-state index in [2.05, 4.69) is 43.0 Å². The molecule has 0 amide bonds. The number of aromatic nitrogens is 2. The molecule has 0 spiro atoms. The van der Waals surface area contributed by atoms with Crippen molar-refractivity contribution in [3.8, 4) is 0 Å². The van der Waals surface area contributed by atoms with E-state index in [0.29, 0.717) is 12.1 Å². The van der Waals surface area contributed by atoms with Crippen LogP contribution in [0.3, 0.4) is 0 Å². The number of hydrogen-bond donors (Lipinski definition) is 1. The molecule has 1 heterocycles. The lowest BCUT2D eigenvalue weighted by atomic mass is 9.96. The fraction of sp³-hybridized carbons (Fsp3) is 0.833. The zero-order chi connectivity index (χ0) is 15.1. The molecule has 3 heteroatoms. The smallest absolute Gasteiger partial charge is 0.0640 e. The van der Waals surface area contributed by atoms with Crippen LogP contribution in [0.4, 0.5) is 0 Å².